The molecule has 0 bridgehead atoms. The van der Waals surface area contributed by atoms with Crippen LogP contribution in [0.25, 0.3) is 0 Å². The van der Waals surface area contributed by atoms with Gasteiger partial charge in [0.1, 0.15) is 24.7 Å². The third kappa shape index (κ3) is 7.15. The van der Waals surface area contributed by atoms with Crippen molar-refractivity contribution in [2.45, 2.75) is 79.1 Å². The summed E-state index contributed by atoms with van der Waals surface area (Å²) in [6, 6.07) is 4.78. The van der Waals surface area contributed by atoms with Crippen LogP contribution in [0.2, 0.25) is 0 Å². The normalized spacial score (nSPS) is 13.3. The number of carbonyl (C=O) groups is 3. The minimum Gasteiger partial charge on any atom is -0.460 e. The molecule has 0 aliphatic carbocycles. The molecular weight excluding hydrogens is 436 g/mol. The van der Waals surface area contributed by atoms with Gasteiger partial charge in [0, 0.05) is 12.1 Å². The Bertz CT molecular complexity index is 995. The first kappa shape index (κ1) is 27.0. The molecule has 1 heterocycles. The van der Waals surface area contributed by atoms with Gasteiger partial charge in [0.15, 0.2) is 0 Å². The molecule has 9 heteroatoms. The summed E-state index contributed by atoms with van der Waals surface area (Å²) in [7, 11) is 0. The van der Waals surface area contributed by atoms with Gasteiger partial charge < -0.3 is 14.5 Å². The van der Waals surface area contributed by atoms with Crippen molar-refractivity contribution in [1.82, 2.24) is 15.0 Å². The fourth-order valence-electron chi connectivity index (χ4n) is 3.69. The van der Waals surface area contributed by atoms with E-state index in [0.29, 0.717) is 0 Å². The molecule has 2 rings (SSSR count). The van der Waals surface area contributed by atoms with Gasteiger partial charge in [0.05, 0.1) is 12.0 Å². The summed E-state index contributed by atoms with van der Waals surface area (Å²) in [6.45, 7) is 12.7. The van der Waals surface area contributed by atoms with Gasteiger partial charge in [0.25, 0.3) is 0 Å². The van der Waals surface area contributed by atoms with Gasteiger partial charge in [-0.15, -0.1) is 0 Å². The highest BCUT2D eigenvalue weighted by molar-refractivity contribution is 5.96. The van der Waals surface area contributed by atoms with Gasteiger partial charge >= 0.3 is 11.9 Å². The lowest BCUT2D eigenvalue weighted by molar-refractivity contribution is -0.164. The number of amides is 1. The smallest absolute Gasteiger partial charge is 0.331 e. The highest BCUT2D eigenvalue weighted by Crippen LogP contribution is 2.27. The van der Waals surface area contributed by atoms with Crippen LogP contribution in [-0.4, -0.2) is 44.5 Å². The van der Waals surface area contributed by atoms with Gasteiger partial charge in [-0.05, 0) is 50.3 Å². The number of hydrazine groups is 1. The number of carbonyl (C=O) groups excluding carboxylic acids is 3. The van der Waals surface area contributed by atoms with Crippen LogP contribution in [0, 0.1) is 12.8 Å². The lowest BCUT2D eigenvalue weighted by Gasteiger charge is -2.29. The number of imidazole rings is 1. The average molecular weight is 473 g/mol. The molecular formula is C25H36N4O5. The van der Waals surface area contributed by atoms with E-state index in [1.807, 2.05) is 31.3 Å². The second-order valence-corrected chi connectivity index (χ2v) is 9.71. The molecule has 0 aliphatic rings. The monoisotopic (exact) mass is 472 g/mol. The quantitative estimate of drug-likeness (QED) is 0.188. The number of rotatable bonds is 9. The van der Waals surface area contributed by atoms with E-state index in [0.717, 1.165) is 27.4 Å². The standard InChI is InChI=1S/C25H36N4O5/c1-15(2)23(29(26)21(30)11-22(31)34-25(5,6)7)24(32)33-13-18-9-8-10-19(16(18)3)17(4)20-12-27-14-28-20/h8-10,12,14-15,17,23H,11,13,26H2,1-7H3,(H,27,28). The van der Waals surface area contributed by atoms with Crippen molar-refractivity contribution in [3.8, 4) is 0 Å². The van der Waals surface area contributed by atoms with Crippen LogP contribution in [-0.2, 0) is 30.5 Å². The summed E-state index contributed by atoms with van der Waals surface area (Å²) in [5, 5.41) is 0.778. The van der Waals surface area contributed by atoms with Crippen molar-refractivity contribution >= 4 is 17.8 Å². The first-order chi connectivity index (χ1) is 15.8. The summed E-state index contributed by atoms with van der Waals surface area (Å²) < 4.78 is 10.7. The molecule has 3 N–H and O–H groups in total. The number of ether oxygens (including phenoxy) is 2. The molecule has 0 spiro atoms. The Labute approximate surface area is 201 Å². The fourth-order valence-corrected chi connectivity index (χ4v) is 3.69. The zero-order valence-electron chi connectivity index (χ0n) is 21.0. The van der Waals surface area contributed by atoms with E-state index in [1.54, 1.807) is 40.9 Å². The number of hydrogen-bond acceptors (Lipinski definition) is 7. The predicted molar refractivity (Wildman–Crippen MR) is 127 cm³/mol. The van der Waals surface area contributed by atoms with Gasteiger partial charge in [-0.3, -0.25) is 14.6 Å². The van der Waals surface area contributed by atoms with Crippen molar-refractivity contribution in [3.63, 3.8) is 0 Å². The first-order valence-corrected chi connectivity index (χ1v) is 11.3. The zero-order chi connectivity index (χ0) is 25.6. The van der Waals surface area contributed by atoms with E-state index in [1.165, 1.54) is 0 Å². The molecule has 9 nitrogen and oxygen atoms in total. The van der Waals surface area contributed by atoms with Crippen molar-refractivity contribution in [3.05, 3.63) is 53.1 Å². The molecule has 34 heavy (non-hydrogen) atoms. The SMILES string of the molecule is Cc1c(COC(=O)C(C(C)C)N(N)C(=O)CC(=O)OC(C)(C)C)cccc1C(C)c1c[nH]cn1. The third-order valence-electron chi connectivity index (χ3n) is 5.46. The summed E-state index contributed by atoms with van der Waals surface area (Å²) in [5.74, 6) is 3.64. The number of aromatic amines is 1. The van der Waals surface area contributed by atoms with E-state index < -0.39 is 35.9 Å². The molecule has 2 aromatic rings. The van der Waals surface area contributed by atoms with E-state index in [4.69, 9.17) is 15.3 Å². The Morgan fingerprint density at radius 1 is 1.18 bits per heavy atom. The number of nitrogens with zero attached hydrogens (tertiary/aromatic N) is 2. The van der Waals surface area contributed by atoms with Gasteiger partial charge in [-0.1, -0.05) is 39.0 Å². The number of nitrogens with one attached hydrogen (secondary N) is 1. The maximum Gasteiger partial charge on any atom is 0.331 e. The molecule has 0 saturated heterocycles. The van der Waals surface area contributed by atoms with E-state index in [-0.39, 0.29) is 18.4 Å². The molecule has 1 aromatic heterocycles. The third-order valence-corrected chi connectivity index (χ3v) is 5.46. The number of benzene rings is 1. The lowest BCUT2D eigenvalue weighted by atomic mass is 9.91. The number of nitrogens with two attached hydrogens (primary N) is 1. The molecule has 0 aliphatic heterocycles. The molecule has 2 atom stereocenters. The molecule has 0 saturated carbocycles. The molecule has 1 amide bonds. The number of aromatic nitrogens is 2. The minimum absolute atomic E-state index is 0.0309. The first-order valence-electron chi connectivity index (χ1n) is 11.3. The molecule has 186 valence electrons. The van der Waals surface area contributed by atoms with Crippen LogP contribution in [0.3, 0.4) is 0 Å². The molecule has 1 aromatic carbocycles. The van der Waals surface area contributed by atoms with Crippen LogP contribution in [0.15, 0.2) is 30.7 Å². The van der Waals surface area contributed by atoms with Gasteiger partial charge in [0.2, 0.25) is 5.91 Å². The maximum absolute atomic E-state index is 12.9. The zero-order valence-corrected chi connectivity index (χ0v) is 21.0. The average Bonchev–Trinajstić information content (AvgIpc) is 3.25. The van der Waals surface area contributed by atoms with Crippen molar-refractivity contribution in [2.24, 2.45) is 11.8 Å². The van der Waals surface area contributed by atoms with Crippen LogP contribution in [0.4, 0.5) is 0 Å². The Balaban J connectivity index is 2.08. The molecule has 0 fully saturated rings. The number of esters is 2. The highest BCUT2D eigenvalue weighted by atomic mass is 16.6. The van der Waals surface area contributed by atoms with Crippen LogP contribution in [0.5, 0.6) is 0 Å². The summed E-state index contributed by atoms with van der Waals surface area (Å²) >= 11 is 0. The van der Waals surface area contributed by atoms with Gasteiger partial charge in [-0.2, -0.15) is 0 Å². The molecule has 0 radical (unpaired) electrons. The van der Waals surface area contributed by atoms with Crippen LogP contribution >= 0.6 is 0 Å². The fraction of sp³-hybridized carbons (Fsp3) is 0.520. The molecule has 2 unspecified atom stereocenters. The second-order valence-electron chi connectivity index (χ2n) is 9.71. The van der Waals surface area contributed by atoms with Crippen molar-refractivity contribution in [1.29, 1.82) is 0 Å². The summed E-state index contributed by atoms with van der Waals surface area (Å²) in [4.78, 5) is 44.7. The van der Waals surface area contributed by atoms with E-state index in [9.17, 15) is 14.4 Å². The number of H-pyrrole nitrogens is 1. The lowest BCUT2D eigenvalue weighted by Crippen LogP contribution is -2.53. The van der Waals surface area contributed by atoms with Crippen LogP contribution in [0.1, 0.15) is 76.3 Å². The Hall–Kier alpha value is -3.20. The second kappa shape index (κ2) is 11.3. The highest BCUT2D eigenvalue weighted by Gasteiger charge is 2.33. The van der Waals surface area contributed by atoms with Gasteiger partial charge in [-0.25, -0.2) is 15.6 Å². The van der Waals surface area contributed by atoms with Crippen molar-refractivity contribution < 1.29 is 23.9 Å². The van der Waals surface area contributed by atoms with Crippen LogP contribution < -0.4 is 5.84 Å². The Morgan fingerprint density at radius 2 is 1.85 bits per heavy atom. The number of hydrogen-bond donors (Lipinski definition) is 2. The van der Waals surface area contributed by atoms with Crippen molar-refractivity contribution in [2.75, 3.05) is 0 Å². The Morgan fingerprint density at radius 3 is 2.41 bits per heavy atom. The maximum atomic E-state index is 12.9. The largest absolute Gasteiger partial charge is 0.460 e. The predicted octanol–water partition coefficient (Wildman–Crippen LogP) is 3.37. The summed E-state index contributed by atoms with van der Waals surface area (Å²) in [6.07, 6.45) is 2.94. The van der Waals surface area contributed by atoms with E-state index >= 15 is 0 Å². The van der Waals surface area contributed by atoms with E-state index in [2.05, 4.69) is 16.9 Å². The Kier molecular flexibility index (Phi) is 8.98. The minimum atomic E-state index is -1.04. The topological polar surface area (TPSA) is 128 Å². The summed E-state index contributed by atoms with van der Waals surface area (Å²) in [5.41, 5.74) is 3.11.